The molecule has 7 atom stereocenters. The van der Waals surface area contributed by atoms with E-state index in [1.807, 2.05) is 59.4 Å². The van der Waals surface area contributed by atoms with Crippen molar-refractivity contribution in [2.45, 2.75) is 64.4 Å². The molecule has 1 N–H and O–H groups in total. The second-order valence-electron chi connectivity index (χ2n) is 13.3. The van der Waals surface area contributed by atoms with Crippen LogP contribution in [0.1, 0.15) is 57.8 Å². The summed E-state index contributed by atoms with van der Waals surface area (Å²) in [5.41, 5.74) is 5.18. The highest BCUT2D eigenvalue weighted by atomic mass is 79.9. The van der Waals surface area contributed by atoms with Gasteiger partial charge in [-0.05, 0) is 73.6 Å². The van der Waals surface area contributed by atoms with Crippen LogP contribution in [0.2, 0.25) is 0 Å². The number of allylic oxidation sites excluding steroid dienone is 2. The van der Waals surface area contributed by atoms with Crippen LogP contribution in [0.4, 0.5) is 0 Å². The number of cyclic esters (lactones) is 1. The van der Waals surface area contributed by atoms with Crippen molar-refractivity contribution in [1.82, 2.24) is 9.78 Å². The average molecular weight is 660 g/mol. The number of nitrogens with zero attached hydrogens (tertiary/aromatic N) is 2. The lowest BCUT2D eigenvalue weighted by molar-refractivity contribution is -0.307. The molecule has 7 rings (SSSR count). The Morgan fingerprint density at radius 1 is 1.11 bits per heavy atom. The SMILES string of the molecule is C=C1CC[C@@H]2[C@]3(C)COC(c4cn(-c5ccccc5)nc4-c4ccc(Br)cc4)O[C@@H]3CC[C@@]2(C)[C@@H]1C/C=C1/C(=O)OCC1O. The fraction of sp³-hybridized carbons (Fsp3) is 0.444. The average Bonchev–Trinajstić information content (AvgIpc) is 3.60. The number of carbonyl (C=O) groups is 1. The van der Waals surface area contributed by atoms with Crippen molar-refractivity contribution < 1.29 is 24.1 Å². The van der Waals surface area contributed by atoms with Crippen LogP contribution in [-0.4, -0.2) is 46.3 Å². The van der Waals surface area contributed by atoms with Gasteiger partial charge >= 0.3 is 5.97 Å². The molecule has 3 aromatic rings. The molecule has 2 unspecified atom stereocenters. The number of benzene rings is 2. The summed E-state index contributed by atoms with van der Waals surface area (Å²) < 4.78 is 21.6. The van der Waals surface area contributed by atoms with Gasteiger partial charge in [0, 0.05) is 21.6 Å². The molecule has 1 aromatic heterocycles. The largest absolute Gasteiger partial charge is 0.459 e. The monoisotopic (exact) mass is 658 g/mol. The Labute approximate surface area is 267 Å². The summed E-state index contributed by atoms with van der Waals surface area (Å²) >= 11 is 3.56. The Bertz CT molecular complexity index is 1600. The van der Waals surface area contributed by atoms with Crippen LogP contribution in [0.25, 0.3) is 16.9 Å². The van der Waals surface area contributed by atoms with E-state index < -0.39 is 18.4 Å². The molecule has 230 valence electrons. The quantitative estimate of drug-likeness (QED) is 0.175. The maximum Gasteiger partial charge on any atom is 0.336 e. The molecule has 0 radical (unpaired) electrons. The molecule has 7 nitrogen and oxygen atoms in total. The molecular weight excluding hydrogens is 620 g/mol. The smallest absolute Gasteiger partial charge is 0.336 e. The van der Waals surface area contributed by atoms with E-state index in [4.69, 9.17) is 19.3 Å². The number of aromatic nitrogens is 2. The first-order valence-electron chi connectivity index (χ1n) is 15.6. The molecule has 2 saturated carbocycles. The van der Waals surface area contributed by atoms with E-state index in [9.17, 15) is 9.90 Å². The van der Waals surface area contributed by atoms with Crippen molar-refractivity contribution in [1.29, 1.82) is 0 Å². The van der Waals surface area contributed by atoms with E-state index in [1.165, 1.54) is 5.57 Å². The predicted molar refractivity (Wildman–Crippen MR) is 171 cm³/mol. The number of hydrogen-bond donors (Lipinski definition) is 1. The first kappa shape index (κ1) is 29.7. The Hall–Kier alpha value is -3.04. The zero-order chi connectivity index (χ0) is 30.6. The third-order valence-corrected chi connectivity index (χ3v) is 11.4. The molecule has 8 heteroatoms. The second-order valence-corrected chi connectivity index (χ2v) is 14.3. The third-order valence-electron chi connectivity index (χ3n) is 10.8. The highest BCUT2D eigenvalue weighted by Crippen LogP contribution is 2.64. The maximum absolute atomic E-state index is 12.2. The number of carbonyl (C=O) groups excluding carboxylic acids is 1. The van der Waals surface area contributed by atoms with Crippen molar-refractivity contribution in [3.8, 4) is 16.9 Å². The van der Waals surface area contributed by atoms with Gasteiger partial charge in [-0.15, -0.1) is 0 Å². The van der Waals surface area contributed by atoms with Gasteiger partial charge in [-0.3, -0.25) is 0 Å². The van der Waals surface area contributed by atoms with Crippen LogP contribution >= 0.6 is 15.9 Å². The summed E-state index contributed by atoms with van der Waals surface area (Å²) in [4.78, 5) is 12.2. The molecule has 2 saturated heterocycles. The minimum Gasteiger partial charge on any atom is -0.459 e. The molecule has 3 heterocycles. The Morgan fingerprint density at radius 2 is 1.89 bits per heavy atom. The lowest BCUT2D eigenvalue weighted by Crippen LogP contribution is -2.60. The molecule has 2 aliphatic heterocycles. The number of halogens is 1. The third kappa shape index (κ3) is 5.00. The highest BCUT2D eigenvalue weighted by molar-refractivity contribution is 9.10. The van der Waals surface area contributed by atoms with Crippen LogP contribution in [-0.2, 0) is 19.0 Å². The van der Waals surface area contributed by atoms with Crippen LogP contribution in [0.3, 0.4) is 0 Å². The summed E-state index contributed by atoms with van der Waals surface area (Å²) in [7, 11) is 0. The van der Waals surface area contributed by atoms with Crippen LogP contribution < -0.4 is 0 Å². The van der Waals surface area contributed by atoms with Gasteiger partial charge in [0.1, 0.15) is 18.4 Å². The van der Waals surface area contributed by atoms with Crippen molar-refractivity contribution in [3.05, 3.63) is 94.6 Å². The molecule has 44 heavy (non-hydrogen) atoms. The fourth-order valence-electron chi connectivity index (χ4n) is 8.46. The van der Waals surface area contributed by atoms with Crippen molar-refractivity contribution in [3.63, 3.8) is 0 Å². The number of hydrogen-bond acceptors (Lipinski definition) is 6. The number of fused-ring (bicyclic) bond motifs is 3. The van der Waals surface area contributed by atoms with Crippen LogP contribution in [0.15, 0.2) is 89.1 Å². The van der Waals surface area contributed by atoms with E-state index in [2.05, 4.69) is 48.5 Å². The zero-order valence-electron chi connectivity index (χ0n) is 25.2. The van der Waals surface area contributed by atoms with Gasteiger partial charge < -0.3 is 19.3 Å². The number of rotatable bonds is 5. The van der Waals surface area contributed by atoms with E-state index in [-0.39, 0.29) is 29.5 Å². The van der Waals surface area contributed by atoms with E-state index in [0.717, 1.165) is 52.7 Å². The van der Waals surface area contributed by atoms with Crippen molar-refractivity contribution >= 4 is 21.9 Å². The van der Waals surface area contributed by atoms with Crippen LogP contribution in [0, 0.1) is 22.7 Å². The van der Waals surface area contributed by atoms with Gasteiger partial charge in [-0.1, -0.05) is 78.3 Å². The lowest BCUT2D eigenvalue weighted by atomic mass is 9.46. The van der Waals surface area contributed by atoms with Gasteiger partial charge in [0.05, 0.1) is 29.5 Å². The maximum atomic E-state index is 12.2. The summed E-state index contributed by atoms with van der Waals surface area (Å²) in [6, 6.07) is 18.3. The van der Waals surface area contributed by atoms with Gasteiger partial charge in [-0.25, -0.2) is 9.48 Å². The van der Waals surface area contributed by atoms with E-state index >= 15 is 0 Å². The number of aliphatic hydroxyl groups excluding tert-OH is 1. The topological polar surface area (TPSA) is 82.8 Å². The summed E-state index contributed by atoms with van der Waals surface area (Å²) in [6.07, 6.45) is 7.16. The standard InChI is InChI=1S/C36H39BrN2O5/c1-22-9-16-30-35(2,28(22)15-14-26-29(40)20-42-33(26)41)18-17-31-36(30,3)21-43-34(44-31)27-19-39(25-7-5-4-6-8-25)38-32(27)23-10-12-24(37)13-11-23/h4-8,10-14,19,28-31,34,40H,1,9,15-18,20-21H2,2-3H3/b26-14+/t28-,29?,30+,31-,34?,35+,36+/m1/s1. The zero-order valence-corrected chi connectivity index (χ0v) is 26.8. The number of esters is 1. The summed E-state index contributed by atoms with van der Waals surface area (Å²) in [5, 5.41) is 15.3. The summed E-state index contributed by atoms with van der Waals surface area (Å²) in [5.74, 6) is 0.162. The van der Waals surface area contributed by atoms with Crippen molar-refractivity contribution in [2.75, 3.05) is 13.2 Å². The van der Waals surface area contributed by atoms with Gasteiger partial charge in [0.2, 0.25) is 0 Å². The lowest BCUT2D eigenvalue weighted by Gasteiger charge is -2.62. The first-order valence-corrected chi connectivity index (χ1v) is 16.4. The molecular formula is C36H39BrN2O5. The fourth-order valence-corrected chi connectivity index (χ4v) is 8.73. The van der Waals surface area contributed by atoms with Gasteiger partial charge in [-0.2, -0.15) is 5.10 Å². The molecule has 2 aliphatic carbocycles. The first-order chi connectivity index (χ1) is 21.2. The minimum absolute atomic E-state index is 0.0224. The summed E-state index contributed by atoms with van der Waals surface area (Å²) in [6.45, 7) is 9.83. The molecule has 4 fully saturated rings. The molecule has 4 aliphatic rings. The van der Waals surface area contributed by atoms with Gasteiger partial charge in [0.25, 0.3) is 0 Å². The molecule has 0 spiro atoms. The molecule has 2 aromatic carbocycles. The number of ether oxygens (including phenoxy) is 3. The number of aliphatic hydroxyl groups is 1. The molecule has 0 bridgehead atoms. The normalized spacial score (nSPS) is 34.5. The Balaban J connectivity index is 1.17. The van der Waals surface area contributed by atoms with E-state index in [1.54, 1.807) is 0 Å². The van der Waals surface area contributed by atoms with E-state index in [0.29, 0.717) is 24.5 Å². The second kappa shape index (κ2) is 11.4. The van der Waals surface area contributed by atoms with Crippen molar-refractivity contribution in [2.24, 2.45) is 22.7 Å². The van der Waals surface area contributed by atoms with Gasteiger partial charge in [0.15, 0.2) is 6.29 Å². The minimum atomic E-state index is -0.846. The predicted octanol–water partition coefficient (Wildman–Crippen LogP) is 7.34. The Kier molecular flexibility index (Phi) is 7.68. The van der Waals surface area contributed by atoms with Crippen LogP contribution in [0.5, 0.6) is 0 Å². The Morgan fingerprint density at radius 3 is 2.61 bits per heavy atom. The highest BCUT2D eigenvalue weighted by Gasteiger charge is 2.60. The number of para-hydroxylation sites is 1. The molecule has 0 amide bonds.